The fourth-order valence-electron chi connectivity index (χ4n) is 8.62. The lowest BCUT2D eigenvalue weighted by Gasteiger charge is -2.33. The molecule has 15 nitrogen and oxygen atoms in total. The Hall–Kier alpha value is -5.86. The summed E-state index contributed by atoms with van der Waals surface area (Å²) >= 11 is 0. The molecule has 2 aromatic heterocycles. The van der Waals surface area contributed by atoms with E-state index in [1.54, 1.807) is 24.2 Å². The van der Waals surface area contributed by atoms with Gasteiger partial charge >= 0.3 is 30.2 Å². The first-order chi connectivity index (χ1) is 29.6. The largest absolute Gasteiger partial charge is 0.469 e. The summed E-state index contributed by atoms with van der Waals surface area (Å²) in [6.45, 7) is 10.0. The average molecular weight is 859 g/mol. The third-order valence-electron chi connectivity index (χ3n) is 12.0. The highest BCUT2D eigenvalue weighted by Crippen LogP contribution is 2.36. The molecule has 62 heavy (non-hydrogen) atoms. The molecule has 2 aliphatic heterocycles. The van der Waals surface area contributed by atoms with Crippen LogP contribution < -0.4 is 0 Å². The predicted octanol–water partition coefficient (Wildman–Crippen LogP) is 8.49. The molecule has 6 rings (SSSR count). The van der Waals surface area contributed by atoms with Crippen LogP contribution in [0.1, 0.15) is 102 Å². The molecule has 2 amide bonds. The number of fused-ring (bicyclic) bond motifs is 2. The highest BCUT2D eigenvalue weighted by atomic mass is 16.6. The monoisotopic (exact) mass is 858 g/mol. The van der Waals surface area contributed by atoms with Crippen LogP contribution in [0, 0.1) is 11.8 Å². The van der Waals surface area contributed by atoms with Crippen LogP contribution in [-0.4, -0.2) is 115 Å². The Morgan fingerprint density at radius 3 is 1.32 bits per heavy atom. The van der Waals surface area contributed by atoms with E-state index in [1.165, 1.54) is 37.6 Å². The third kappa shape index (κ3) is 11.5. The van der Waals surface area contributed by atoms with E-state index in [9.17, 15) is 28.8 Å². The Labute approximate surface area is 363 Å². The first-order valence-corrected chi connectivity index (χ1v) is 21.4. The molecule has 0 saturated carbocycles. The van der Waals surface area contributed by atoms with Crippen molar-refractivity contribution in [3.05, 3.63) is 72.1 Å². The van der Waals surface area contributed by atoms with E-state index in [4.69, 9.17) is 23.7 Å². The van der Waals surface area contributed by atoms with Crippen molar-refractivity contribution in [1.29, 1.82) is 0 Å². The maximum absolute atomic E-state index is 12.7. The quantitative estimate of drug-likeness (QED) is 0.111. The zero-order chi connectivity index (χ0) is 45.1. The molecule has 2 saturated heterocycles. The SMILES string of the molecule is COC(=O)C(CCC1CCN(C(=O)OC(C)(C)C)CC1)c1cn(C(=O)OC)c2ccccc12.COC(=O)C(CCC1CCN(C(C)=O)CC1)c1cn(C(=O)OC)c2ccccc12. The number of nitrogens with zero attached hydrogens (tertiary/aromatic N) is 4. The van der Waals surface area contributed by atoms with Crippen molar-refractivity contribution in [1.82, 2.24) is 18.9 Å². The Bertz CT molecular complexity index is 2200. The molecule has 2 atom stereocenters. The number of carbonyl (C=O) groups excluding carboxylic acids is 6. The van der Waals surface area contributed by atoms with Gasteiger partial charge in [-0.2, -0.15) is 0 Å². The predicted molar refractivity (Wildman–Crippen MR) is 233 cm³/mol. The van der Waals surface area contributed by atoms with Crippen molar-refractivity contribution in [2.24, 2.45) is 11.8 Å². The minimum atomic E-state index is -0.509. The molecule has 0 bridgehead atoms. The number of likely N-dealkylation sites (tertiary alicyclic amines) is 2. The van der Waals surface area contributed by atoms with E-state index in [1.807, 2.05) is 74.2 Å². The normalized spacial score (nSPS) is 15.9. The molecule has 0 radical (unpaired) electrons. The summed E-state index contributed by atoms with van der Waals surface area (Å²) in [6.07, 6.45) is 8.61. The van der Waals surface area contributed by atoms with Crippen LogP contribution in [-0.2, 0) is 38.1 Å². The maximum Gasteiger partial charge on any atom is 0.418 e. The zero-order valence-electron chi connectivity index (χ0n) is 37.3. The molecule has 0 N–H and O–H groups in total. The summed E-state index contributed by atoms with van der Waals surface area (Å²) in [6, 6.07) is 14.9. The average Bonchev–Trinajstić information content (AvgIpc) is 3.85. The Balaban J connectivity index is 0.000000236. The molecule has 15 heteroatoms. The molecule has 0 spiro atoms. The van der Waals surface area contributed by atoms with Crippen LogP contribution in [0.2, 0.25) is 0 Å². The zero-order valence-corrected chi connectivity index (χ0v) is 37.3. The van der Waals surface area contributed by atoms with Gasteiger partial charge in [0.15, 0.2) is 0 Å². The van der Waals surface area contributed by atoms with Crippen molar-refractivity contribution >= 4 is 57.9 Å². The molecule has 0 aliphatic carbocycles. The maximum atomic E-state index is 12.7. The summed E-state index contributed by atoms with van der Waals surface area (Å²) in [5, 5.41) is 1.68. The first-order valence-electron chi connectivity index (χ1n) is 21.4. The molecule has 2 unspecified atom stereocenters. The number of aromatic nitrogens is 2. The lowest BCUT2D eigenvalue weighted by atomic mass is 9.86. The van der Waals surface area contributed by atoms with Gasteiger partial charge in [0.1, 0.15) is 5.60 Å². The van der Waals surface area contributed by atoms with Crippen LogP contribution in [0.3, 0.4) is 0 Å². The lowest BCUT2D eigenvalue weighted by Crippen LogP contribution is -2.41. The Kier molecular flexibility index (Phi) is 16.2. The number of carbonyl (C=O) groups is 6. The molecule has 4 heterocycles. The minimum Gasteiger partial charge on any atom is -0.469 e. The number of esters is 2. The standard InChI is InChI=1S/C25H34N2O6.C22H28N2O5/c1-25(2,3)33-23(29)26-14-12-17(13-15-26)10-11-19(22(28)31-4)20-16-27(24(30)32-5)21-9-7-6-8-18(20)21;1-15(25)23-12-10-16(11-13-23)8-9-18(21(26)28-2)19-14-24(22(27)29-3)20-7-5-4-6-17(19)20/h6-9,16-17,19H,10-15H2,1-5H3;4-7,14,16,18H,8-13H2,1-3H3. The van der Waals surface area contributed by atoms with E-state index in [-0.39, 0.29) is 23.9 Å². The van der Waals surface area contributed by atoms with Gasteiger partial charge in [0.05, 0.1) is 51.3 Å². The highest BCUT2D eigenvalue weighted by Gasteiger charge is 2.32. The van der Waals surface area contributed by atoms with Gasteiger partial charge in [-0.25, -0.2) is 14.4 Å². The fraction of sp³-hybridized carbons (Fsp3) is 0.532. The Morgan fingerprint density at radius 1 is 0.581 bits per heavy atom. The van der Waals surface area contributed by atoms with Crippen LogP contribution >= 0.6 is 0 Å². The van der Waals surface area contributed by atoms with E-state index in [0.29, 0.717) is 48.8 Å². The Morgan fingerprint density at radius 2 is 0.968 bits per heavy atom. The number of hydrogen-bond acceptors (Lipinski definition) is 11. The molecule has 336 valence electrons. The van der Waals surface area contributed by atoms with Gasteiger partial charge in [0.25, 0.3) is 0 Å². The van der Waals surface area contributed by atoms with Crippen molar-refractivity contribution in [2.45, 2.75) is 96.5 Å². The van der Waals surface area contributed by atoms with Gasteiger partial charge in [0, 0.05) is 56.3 Å². The van der Waals surface area contributed by atoms with E-state index in [0.717, 1.165) is 73.5 Å². The summed E-state index contributed by atoms with van der Waals surface area (Å²) in [4.78, 5) is 77.3. The summed E-state index contributed by atoms with van der Waals surface area (Å²) in [5.41, 5.74) is 2.43. The van der Waals surface area contributed by atoms with Crippen LogP contribution in [0.15, 0.2) is 60.9 Å². The van der Waals surface area contributed by atoms with Crippen molar-refractivity contribution in [3.63, 3.8) is 0 Å². The number of amides is 2. The topological polar surface area (TPSA) is 165 Å². The highest BCUT2D eigenvalue weighted by molar-refractivity contribution is 5.96. The van der Waals surface area contributed by atoms with Gasteiger partial charge in [-0.3, -0.25) is 23.5 Å². The number of rotatable bonds is 10. The smallest absolute Gasteiger partial charge is 0.418 e. The van der Waals surface area contributed by atoms with Gasteiger partial charge in [-0.1, -0.05) is 36.4 Å². The molecular formula is C47H62N4O11. The summed E-state index contributed by atoms with van der Waals surface area (Å²) in [7, 11) is 5.44. The van der Waals surface area contributed by atoms with Crippen molar-refractivity contribution in [2.75, 3.05) is 54.6 Å². The fourth-order valence-corrected chi connectivity index (χ4v) is 8.62. The van der Waals surface area contributed by atoms with Crippen LogP contribution in [0.5, 0.6) is 0 Å². The molecule has 2 aromatic carbocycles. The number of ether oxygens (including phenoxy) is 5. The molecular weight excluding hydrogens is 797 g/mol. The van der Waals surface area contributed by atoms with E-state index < -0.39 is 29.6 Å². The van der Waals surface area contributed by atoms with Gasteiger partial charge in [-0.05, 0) is 107 Å². The van der Waals surface area contributed by atoms with E-state index >= 15 is 0 Å². The van der Waals surface area contributed by atoms with Crippen LogP contribution in [0.25, 0.3) is 21.8 Å². The second-order valence-electron chi connectivity index (χ2n) is 17.0. The van der Waals surface area contributed by atoms with E-state index in [2.05, 4.69) is 0 Å². The second-order valence-corrected chi connectivity index (χ2v) is 17.0. The first kappa shape index (κ1) is 47.2. The van der Waals surface area contributed by atoms with Gasteiger partial charge in [-0.15, -0.1) is 0 Å². The molecule has 2 aliphatic rings. The number of para-hydroxylation sites is 2. The minimum absolute atomic E-state index is 0.117. The van der Waals surface area contributed by atoms with Gasteiger partial charge in [0.2, 0.25) is 5.91 Å². The molecule has 2 fully saturated rings. The van der Waals surface area contributed by atoms with Crippen LogP contribution in [0.4, 0.5) is 14.4 Å². The van der Waals surface area contributed by atoms with Gasteiger partial charge < -0.3 is 33.5 Å². The lowest BCUT2D eigenvalue weighted by molar-refractivity contribution is -0.143. The number of hydrogen-bond donors (Lipinski definition) is 0. The summed E-state index contributed by atoms with van der Waals surface area (Å²) < 4.78 is 28.3. The number of piperidine rings is 2. The summed E-state index contributed by atoms with van der Waals surface area (Å²) in [5.74, 6) is -0.604. The van der Waals surface area contributed by atoms with Crippen molar-refractivity contribution < 1.29 is 52.5 Å². The number of methoxy groups -OCH3 is 4. The molecule has 4 aromatic rings. The van der Waals surface area contributed by atoms with Crippen molar-refractivity contribution in [3.8, 4) is 0 Å². The number of benzene rings is 2. The second kappa shape index (κ2) is 21.3. The third-order valence-corrected chi connectivity index (χ3v) is 12.0.